The summed E-state index contributed by atoms with van der Waals surface area (Å²) < 4.78 is 0. The van der Waals surface area contributed by atoms with Crippen LogP contribution < -0.4 is 5.32 Å². The molecule has 0 amide bonds. The number of fused-ring (bicyclic) bond motifs is 1. The maximum absolute atomic E-state index is 12.6. The van der Waals surface area contributed by atoms with Crippen molar-refractivity contribution in [3.05, 3.63) is 34.4 Å². The molecule has 124 valence electrons. The van der Waals surface area contributed by atoms with Crippen LogP contribution in [0.25, 0.3) is 0 Å². The van der Waals surface area contributed by atoms with Crippen molar-refractivity contribution in [3.8, 4) is 0 Å². The molecule has 1 fully saturated rings. The molecule has 1 aliphatic heterocycles. The molecular weight excluding hydrogens is 310 g/mol. The van der Waals surface area contributed by atoms with Crippen molar-refractivity contribution in [1.82, 2.24) is 5.32 Å². The van der Waals surface area contributed by atoms with Gasteiger partial charge < -0.3 is 5.11 Å². The van der Waals surface area contributed by atoms with Crippen molar-refractivity contribution in [2.75, 3.05) is 5.88 Å². The molecule has 1 heterocycles. The standard InChI is InChI=1S/C18H23NO3S/c1-10-5-11(2)14-4-3-12(7-13(14)6-10)8-15(20)17-16(18(21)22)19-9-23-17/h5-6,12,16-17,19H,3-4,7-9H2,1-2H3,(H,21,22)/t12?,16-,17?/m0/s1. The molecule has 0 bridgehead atoms. The lowest BCUT2D eigenvalue weighted by molar-refractivity contribution is -0.140. The van der Waals surface area contributed by atoms with Gasteiger partial charge in [0, 0.05) is 12.3 Å². The van der Waals surface area contributed by atoms with Crippen molar-refractivity contribution in [2.24, 2.45) is 5.92 Å². The van der Waals surface area contributed by atoms with Gasteiger partial charge in [0.2, 0.25) is 0 Å². The predicted octanol–water partition coefficient (Wildman–Crippen LogP) is 2.48. The number of thioether (sulfide) groups is 1. The third-order valence-electron chi connectivity index (χ3n) is 4.96. The number of carbonyl (C=O) groups excluding carboxylic acids is 1. The van der Waals surface area contributed by atoms with Gasteiger partial charge in [-0.15, -0.1) is 11.8 Å². The molecule has 0 saturated carbocycles. The maximum atomic E-state index is 12.6. The summed E-state index contributed by atoms with van der Waals surface area (Å²) in [6.07, 6.45) is 3.48. The number of carboxylic acids is 1. The van der Waals surface area contributed by atoms with Gasteiger partial charge in [0.1, 0.15) is 11.8 Å². The number of carbonyl (C=O) groups is 2. The van der Waals surface area contributed by atoms with Crippen LogP contribution in [-0.2, 0) is 22.4 Å². The first-order chi connectivity index (χ1) is 11.0. The molecule has 2 unspecified atom stereocenters. The Morgan fingerprint density at radius 1 is 1.35 bits per heavy atom. The smallest absolute Gasteiger partial charge is 0.322 e. The molecule has 2 N–H and O–H groups in total. The Balaban J connectivity index is 1.67. The number of nitrogens with one attached hydrogen (secondary N) is 1. The lowest BCUT2D eigenvalue weighted by atomic mass is 9.79. The topological polar surface area (TPSA) is 66.4 Å². The minimum Gasteiger partial charge on any atom is -0.480 e. The molecule has 4 nitrogen and oxygen atoms in total. The second kappa shape index (κ2) is 6.65. The van der Waals surface area contributed by atoms with Crippen LogP contribution in [0.1, 0.15) is 35.1 Å². The Hall–Kier alpha value is -1.33. The zero-order valence-electron chi connectivity index (χ0n) is 13.6. The van der Waals surface area contributed by atoms with Gasteiger partial charge in [0.05, 0.1) is 5.25 Å². The Kier molecular flexibility index (Phi) is 4.78. The van der Waals surface area contributed by atoms with Gasteiger partial charge in [-0.2, -0.15) is 0 Å². The lowest BCUT2D eigenvalue weighted by Gasteiger charge is -2.27. The highest BCUT2D eigenvalue weighted by Crippen LogP contribution is 2.32. The fourth-order valence-corrected chi connectivity index (χ4v) is 5.03. The summed E-state index contributed by atoms with van der Waals surface area (Å²) in [6, 6.07) is 3.74. The second-order valence-electron chi connectivity index (χ2n) is 6.75. The van der Waals surface area contributed by atoms with E-state index >= 15 is 0 Å². The number of rotatable bonds is 4. The summed E-state index contributed by atoms with van der Waals surface area (Å²) in [5.41, 5.74) is 5.44. The van der Waals surface area contributed by atoms with Gasteiger partial charge in [-0.3, -0.25) is 14.9 Å². The second-order valence-corrected chi connectivity index (χ2v) is 7.88. The summed E-state index contributed by atoms with van der Waals surface area (Å²) in [6.45, 7) is 4.27. The molecule has 1 aromatic rings. The molecule has 1 saturated heterocycles. The molecule has 3 rings (SSSR count). The molecule has 1 aliphatic carbocycles. The Bertz CT molecular complexity index is 643. The highest BCUT2D eigenvalue weighted by molar-refractivity contribution is 8.00. The van der Waals surface area contributed by atoms with E-state index in [0.29, 0.717) is 18.2 Å². The zero-order valence-corrected chi connectivity index (χ0v) is 14.4. The van der Waals surface area contributed by atoms with Gasteiger partial charge in [0.15, 0.2) is 0 Å². The van der Waals surface area contributed by atoms with Crippen molar-refractivity contribution in [1.29, 1.82) is 0 Å². The number of Topliss-reactive ketones (excluding diaryl/α,β-unsaturated/α-hetero) is 1. The van der Waals surface area contributed by atoms with Gasteiger partial charge in [-0.1, -0.05) is 17.7 Å². The Labute approximate surface area is 141 Å². The molecule has 3 atom stereocenters. The van der Waals surface area contributed by atoms with E-state index in [-0.39, 0.29) is 5.78 Å². The average molecular weight is 333 g/mol. The number of carboxylic acid groups (broad SMARTS) is 1. The van der Waals surface area contributed by atoms with E-state index in [1.807, 2.05) is 0 Å². The van der Waals surface area contributed by atoms with E-state index < -0.39 is 17.3 Å². The summed E-state index contributed by atoms with van der Waals surface area (Å²) in [5, 5.41) is 11.7. The normalized spacial score (nSPS) is 26.8. The highest BCUT2D eigenvalue weighted by atomic mass is 32.2. The molecule has 2 aliphatic rings. The Morgan fingerprint density at radius 2 is 2.13 bits per heavy atom. The van der Waals surface area contributed by atoms with E-state index in [0.717, 1.165) is 19.3 Å². The maximum Gasteiger partial charge on any atom is 0.322 e. The fourth-order valence-electron chi connectivity index (χ4n) is 3.89. The number of hydrogen-bond donors (Lipinski definition) is 2. The Morgan fingerprint density at radius 3 is 2.87 bits per heavy atom. The van der Waals surface area contributed by atoms with Gasteiger partial charge in [-0.25, -0.2) is 0 Å². The van der Waals surface area contributed by atoms with Crippen LogP contribution >= 0.6 is 11.8 Å². The summed E-state index contributed by atoms with van der Waals surface area (Å²) in [5.74, 6) is 0.0462. The highest BCUT2D eigenvalue weighted by Gasteiger charge is 2.39. The van der Waals surface area contributed by atoms with Crippen molar-refractivity contribution in [2.45, 2.75) is 50.8 Å². The van der Waals surface area contributed by atoms with Crippen LogP contribution in [0, 0.1) is 19.8 Å². The predicted molar refractivity (Wildman–Crippen MR) is 91.9 cm³/mol. The lowest BCUT2D eigenvalue weighted by Crippen LogP contribution is -2.42. The molecule has 0 aromatic heterocycles. The zero-order chi connectivity index (χ0) is 16.6. The van der Waals surface area contributed by atoms with Gasteiger partial charge in [-0.05, 0) is 55.7 Å². The van der Waals surface area contributed by atoms with E-state index in [1.54, 1.807) is 0 Å². The van der Waals surface area contributed by atoms with Crippen molar-refractivity contribution < 1.29 is 14.7 Å². The van der Waals surface area contributed by atoms with Crippen molar-refractivity contribution >= 4 is 23.5 Å². The van der Waals surface area contributed by atoms with E-state index in [2.05, 4.69) is 31.3 Å². The number of ketones is 1. The minimum absolute atomic E-state index is 0.0882. The number of aryl methyl sites for hydroxylation is 2. The van der Waals surface area contributed by atoms with Gasteiger partial charge in [0.25, 0.3) is 0 Å². The van der Waals surface area contributed by atoms with Crippen molar-refractivity contribution in [3.63, 3.8) is 0 Å². The van der Waals surface area contributed by atoms with Crippen LogP contribution in [-0.4, -0.2) is 34.0 Å². The quantitative estimate of drug-likeness (QED) is 0.886. The minimum atomic E-state index is -0.923. The molecule has 23 heavy (non-hydrogen) atoms. The van der Waals surface area contributed by atoms with Crippen LogP contribution in [0.3, 0.4) is 0 Å². The third-order valence-corrected chi connectivity index (χ3v) is 6.19. The molecular formula is C18H23NO3S. The largest absolute Gasteiger partial charge is 0.480 e. The van der Waals surface area contributed by atoms with Crippen LogP contribution in [0.2, 0.25) is 0 Å². The first-order valence-corrected chi connectivity index (χ1v) is 9.20. The van der Waals surface area contributed by atoms with Crippen LogP contribution in [0.15, 0.2) is 12.1 Å². The van der Waals surface area contributed by atoms with Crippen LogP contribution in [0.4, 0.5) is 0 Å². The molecule has 1 aromatic carbocycles. The van der Waals surface area contributed by atoms with E-state index in [9.17, 15) is 14.7 Å². The number of hydrogen-bond acceptors (Lipinski definition) is 4. The van der Waals surface area contributed by atoms with E-state index in [4.69, 9.17) is 0 Å². The summed E-state index contributed by atoms with van der Waals surface area (Å²) >= 11 is 1.42. The summed E-state index contributed by atoms with van der Waals surface area (Å²) in [7, 11) is 0. The van der Waals surface area contributed by atoms with Gasteiger partial charge >= 0.3 is 5.97 Å². The number of benzene rings is 1. The monoisotopic (exact) mass is 333 g/mol. The fraction of sp³-hybridized carbons (Fsp3) is 0.556. The molecule has 0 spiro atoms. The average Bonchev–Trinajstić information content (AvgIpc) is 2.96. The molecule has 0 radical (unpaired) electrons. The number of aliphatic carboxylic acids is 1. The van der Waals surface area contributed by atoms with E-state index in [1.165, 1.54) is 34.0 Å². The first-order valence-electron chi connectivity index (χ1n) is 8.15. The third kappa shape index (κ3) is 3.45. The molecule has 5 heteroatoms. The van der Waals surface area contributed by atoms with Crippen LogP contribution in [0.5, 0.6) is 0 Å². The first kappa shape index (κ1) is 16.5. The summed E-state index contributed by atoms with van der Waals surface area (Å²) in [4.78, 5) is 23.8. The SMILES string of the molecule is Cc1cc(C)c2c(c1)CC(CC(=O)C1SCN[C@@H]1C(=O)O)CC2.